The number of aromatic carboxylic acids is 2. The highest BCUT2D eigenvalue weighted by Gasteiger charge is 2.05. The van der Waals surface area contributed by atoms with E-state index in [-0.39, 0.29) is 0 Å². The average Bonchev–Trinajstić information content (AvgIpc) is 2.48. The summed E-state index contributed by atoms with van der Waals surface area (Å²) in [4.78, 5) is 21.8. The molecule has 0 radical (unpaired) electrons. The number of benzene rings is 2. The van der Waals surface area contributed by atoms with Crippen LogP contribution >= 0.6 is 0 Å². The number of hydrogen-bond donors (Lipinski definition) is 2. The van der Waals surface area contributed by atoms with Crippen molar-refractivity contribution in [2.75, 3.05) is 0 Å². The quantitative estimate of drug-likeness (QED) is 0.853. The summed E-state index contributed by atoms with van der Waals surface area (Å²) in [6.07, 6.45) is 2.36. The Kier molecular flexibility index (Phi) is 4.72. The van der Waals surface area contributed by atoms with Gasteiger partial charge in [0.05, 0.1) is 11.1 Å². The van der Waals surface area contributed by atoms with E-state index in [0.717, 1.165) is 30.4 Å². The fourth-order valence-corrected chi connectivity index (χ4v) is 2.22. The summed E-state index contributed by atoms with van der Waals surface area (Å²) in [7, 11) is 0. The number of carbonyl (C=O) groups is 2. The van der Waals surface area contributed by atoms with Crippen LogP contribution in [0.2, 0.25) is 0 Å². The predicted molar refractivity (Wildman–Crippen MR) is 78.8 cm³/mol. The monoisotopic (exact) mass is 284 g/mol. The lowest BCUT2D eigenvalue weighted by molar-refractivity contribution is 0.0686. The van der Waals surface area contributed by atoms with E-state index >= 15 is 0 Å². The largest absolute Gasteiger partial charge is 0.478 e. The highest BCUT2D eigenvalue weighted by atomic mass is 16.4. The van der Waals surface area contributed by atoms with Gasteiger partial charge in [-0.05, 0) is 54.7 Å². The highest BCUT2D eigenvalue weighted by molar-refractivity contribution is 5.88. The zero-order chi connectivity index (χ0) is 15.2. The maximum atomic E-state index is 10.9. The molecule has 0 aliphatic heterocycles. The summed E-state index contributed by atoms with van der Waals surface area (Å²) in [5.74, 6) is -1.85. The number of carboxylic acids is 2. The molecule has 108 valence electrons. The van der Waals surface area contributed by atoms with Gasteiger partial charge in [0.2, 0.25) is 0 Å². The Morgan fingerprint density at radius 3 is 1.57 bits per heavy atom. The van der Waals surface area contributed by atoms with Gasteiger partial charge in [-0.1, -0.05) is 24.3 Å². The molecular weight excluding hydrogens is 268 g/mol. The molecule has 0 saturated carbocycles. The van der Waals surface area contributed by atoms with E-state index in [1.165, 1.54) is 0 Å². The molecular formula is C17H16O4. The van der Waals surface area contributed by atoms with Crippen LogP contribution in [0.25, 0.3) is 0 Å². The minimum atomic E-state index is -0.925. The smallest absolute Gasteiger partial charge is 0.335 e. The molecule has 0 heterocycles. The van der Waals surface area contributed by atoms with Crippen LogP contribution in [0.5, 0.6) is 0 Å². The van der Waals surface area contributed by atoms with Crippen molar-refractivity contribution in [3.05, 3.63) is 70.8 Å². The summed E-state index contributed by atoms with van der Waals surface area (Å²) >= 11 is 0. The first-order valence-corrected chi connectivity index (χ1v) is 6.71. The molecule has 0 saturated heterocycles. The Bertz CT molecular complexity index is 604. The lowest BCUT2D eigenvalue weighted by atomic mass is 10.0. The zero-order valence-electron chi connectivity index (χ0n) is 11.5. The molecule has 4 heteroatoms. The Morgan fingerprint density at radius 1 is 0.762 bits per heavy atom. The van der Waals surface area contributed by atoms with E-state index < -0.39 is 11.9 Å². The van der Waals surface area contributed by atoms with Crippen LogP contribution in [-0.4, -0.2) is 22.2 Å². The second kappa shape index (κ2) is 6.70. The van der Waals surface area contributed by atoms with Crippen molar-refractivity contribution < 1.29 is 19.8 Å². The lowest BCUT2D eigenvalue weighted by Gasteiger charge is -2.04. The van der Waals surface area contributed by atoms with Crippen LogP contribution in [0.1, 0.15) is 38.3 Å². The maximum Gasteiger partial charge on any atom is 0.335 e. The highest BCUT2D eigenvalue weighted by Crippen LogP contribution is 2.12. The molecule has 4 nitrogen and oxygen atoms in total. The topological polar surface area (TPSA) is 74.6 Å². The van der Waals surface area contributed by atoms with Gasteiger partial charge in [-0.3, -0.25) is 0 Å². The predicted octanol–water partition coefficient (Wildman–Crippen LogP) is 3.26. The summed E-state index contributed by atoms with van der Waals surface area (Å²) in [5.41, 5.74) is 2.54. The number of rotatable bonds is 6. The first kappa shape index (κ1) is 14.8. The van der Waals surface area contributed by atoms with Gasteiger partial charge in [-0.2, -0.15) is 0 Å². The second-order valence-electron chi connectivity index (χ2n) is 4.86. The number of carboxylic acid groups (broad SMARTS) is 2. The van der Waals surface area contributed by atoms with Crippen molar-refractivity contribution in [2.45, 2.75) is 19.3 Å². The average molecular weight is 284 g/mol. The molecule has 0 fully saturated rings. The molecule has 0 bridgehead atoms. The third-order valence-electron chi connectivity index (χ3n) is 3.28. The van der Waals surface area contributed by atoms with E-state index in [1.54, 1.807) is 36.4 Å². The van der Waals surface area contributed by atoms with Crippen LogP contribution in [0.3, 0.4) is 0 Å². The van der Waals surface area contributed by atoms with Gasteiger partial charge in [-0.15, -0.1) is 0 Å². The Balaban J connectivity index is 1.95. The van der Waals surface area contributed by atoms with E-state index in [0.29, 0.717) is 11.1 Å². The van der Waals surface area contributed by atoms with Crippen LogP contribution in [0.4, 0.5) is 0 Å². The maximum absolute atomic E-state index is 10.9. The summed E-state index contributed by atoms with van der Waals surface area (Å²) < 4.78 is 0. The van der Waals surface area contributed by atoms with Crippen molar-refractivity contribution in [1.29, 1.82) is 0 Å². The zero-order valence-corrected chi connectivity index (χ0v) is 11.5. The standard InChI is InChI=1S/C17H16O4/c18-16(19)14-8-2-6-12(10-14)4-1-5-13-7-3-9-15(11-13)17(20)21/h2-3,6-11H,1,4-5H2,(H,18,19)(H,20,21). The van der Waals surface area contributed by atoms with Crippen LogP contribution < -0.4 is 0 Å². The van der Waals surface area contributed by atoms with E-state index in [2.05, 4.69) is 0 Å². The van der Waals surface area contributed by atoms with Crippen molar-refractivity contribution in [3.8, 4) is 0 Å². The number of aryl methyl sites for hydroxylation is 2. The Labute approximate surface area is 122 Å². The summed E-state index contributed by atoms with van der Waals surface area (Å²) in [6.45, 7) is 0. The molecule has 2 N–H and O–H groups in total. The van der Waals surface area contributed by atoms with Crippen molar-refractivity contribution >= 4 is 11.9 Å². The third kappa shape index (κ3) is 4.18. The van der Waals surface area contributed by atoms with Crippen molar-refractivity contribution in [2.24, 2.45) is 0 Å². The van der Waals surface area contributed by atoms with E-state index in [9.17, 15) is 9.59 Å². The normalized spacial score (nSPS) is 10.3. The Morgan fingerprint density at radius 2 is 1.19 bits per heavy atom. The summed E-state index contributed by atoms with van der Waals surface area (Å²) in [5, 5.41) is 17.9. The van der Waals surface area contributed by atoms with Crippen LogP contribution in [0, 0.1) is 0 Å². The minimum Gasteiger partial charge on any atom is -0.478 e. The summed E-state index contributed by atoms with van der Waals surface area (Å²) in [6, 6.07) is 13.8. The molecule has 2 aromatic carbocycles. The molecule has 0 aliphatic carbocycles. The van der Waals surface area contributed by atoms with Crippen LogP contribution in [0.15, 0.2) is 48.5 Å². The van der Waals surface area contributed by atoms with Gasteiger partial charge in [0.25, 0.3) is 0 Å². The molecule has 0 spiro atoms. The van der Waals surface area contributed by atoms with Gasteiger partial charge < -0.3 is 10.2 Å². The molecule has 0 atom stereocenters. The fraction of sp³-hybridized carbons (Fsp3) is 0.176. The van der Waals surface area contributed by atoms with Gasteiger partial charge >= 0.3 is 11.9 Å². The number of hydrogen-bond acceptors (Lipinski definition) is 2. The molecule has 2 rings (SSSR count). The SMILES string of the molecule is O=C(O)c1cccc(CCCc2cccc(C(=O)O)c2)c1. The Hall–Kier alpha value is -2.62. The molecule has 0 aliphatic rings. The molecule has 0 aromatic heterocycles. The third-order valence-corrected chi connectivity index (χ3v) is 3.28. The fourth-order valence-electron chi connectivity index (χ4n) is 2.22. The van der Waals surface area contributed by atoms with Crippen LogP contribution in [-0.2, 0) is 12.8 Å². The lowest BCUT2D eigenvalue weighted by Crippen LogP contribution is -1.99. The first-order chi connectivity index (χ1) is 10.1. The molecule has 0 amide bonds. The minimum absolute atomic E-state index is 0.292. The molecule has 21 heavy (non-hydrogen) atoms. The van der Waals surface area contributed by atoms with E-state index in [4.69, 9.17) is 10.2 Å². The van der Waals surface area contributed by atoms with Gasteiger partial charge in [0.1, 0.15) is 0 Å². The van der Waals surface area contributed by atoms with Gasteiger partial charge in [-0.25, -0.2) is 9.59 Å². The van der Waals surface area contributed by atoms with Crippen molar-refractivity contribution in [1.82, 2.24) is 0 Å². The molecule has 2 aromatic rings. The first-order valence-electron chi connectivity index (χ1n) is 6.71. The van der Waals surface area contributed by atoms with Crippen molar-refractivity contribution in [3.63, 3.8) is 0 Å². The van der Waals surface area contributed by atoms with Gasteiger partial charge in [0, 0.05) is 0 Å². The second-order valence-corrected chi connectivity index (χ2v) is 4.86. The molecule has 0 unspecified atom stereocenters. The van der Waals surface area contributed by atoms with Gasteiger partial charge in [0.15, 0.2) is 0 Å². The van der Waals surface area contributed by atoms with E-state index in [1.807, 2.05) is 12.1 Å².